The number of hydrogen-bond donors (Lipinski definition) is 2. The van der Waals surface area contributed by atoms with Crippen LogP contribution in [0.5, 0.6) is 0 Å². The van der Waals surface area contributed by atoms with Gasteiger partial charge in [0.25, 0.3) is 10.9 Å². The highest BCUT2D eigenvalue weighted by Gasteiger charge is 2.37. The van der Waals surface area contributed by atoms with Gasteiger partial charge in [0.1, 0.15) is 17.4 Å². The summed E-state index contributed by atoms with van der Waals surface area (Å²) in [5, 5.41) is 11.7. The third kappa shape index (κ3) is 4.26. The first-order chi connectivity index (χ1) is 18.1. The van der Waals surface area contributed by atoms with Crippen molar-refractivity contribution in [2.24, 2.45) is 0 Å². The summed E-state index contributed by atoms with van der Waals surface area (Å²) in [6.45, 7) is 3.68. The Hall–Kier alpha value is -4.08. The molecular formula is C28H27N5O4. The third-order valence-corrected chi connectivity index (χ3v) is 7.15. The van der Waals surface area contributed by atoms with Gasteiger partial charge in [-0.3, -0.25) is 19.5 Å². The number of rotatable bonds is 6. The smallest absolute Gasteiger partial charge is 0.253 e. The summed E-state index contributed by atoms with van der Waals surface area (Å²) in [6, 6.07) is 14.8. The van der Waals surface area contributed by atoms with Gasteiger partial charge in [0.15, 0.2) is 5.78 Å². The van der Waals surface area contributed by atoms with E-state index in [1.165, 1.54) is 0 Å². The number of ketones is 1. The monoisotopic (exact) mass is 497 g/mol. The maximum absolute atomic E-state index is 13.6. The second kappa shape index (κ2) is 9.76. The first-order valence-corrected chi connectivity index (χ1v) is 12.5. The van der Waals surface area contributed by atoms with Crippen LogP contribution in [0, 0.1) is 0 Å². The number of anilines is 2. The van der Waals surface area contributed by atoms with Gasteiger partial charge in [-0.1, -0.05) is 48.5 Å². The highest BCUT2D eigenvalue weighted by Crippen LogP contribution is 2.28. The lowest BCUT2D eigenvalue weighted by Gasteiger charge is -2.40. The largest absolute Gasteiger partial charge is 0.378 e. The lowest BCUT2D eigenvalue weighted by molar-refractivity contribution is 0.0950. The molecule has 2 aliphatic heterocycles. The van der Waals surface area contributed by atoms with Crippen LogP contribution in [0.15, 0.2) is 58.1 Å². The summed E-state index contributed by atoms with van der Waals surface area (Å²) in [5.74, 6) is -0.0815. The van der Waals surface area contributed by atoms with Gasteiger partial charge < -0.3 is 19.9 Å². The molecule has 9 heteroatoms. The van der Waals surface area contributed by atoms with Crippen LogP contribution in [-0.4, -0.2) is 68.0 Å². The summed E-state index contributed by atoms with van der Waals surface area (Å²) < 4.78 is 5.40. The van der Waals surface area contributed by atoms with E-state index in [9.17, 15) is 14.4 Å². The molecule has 0 radical (unpaired) electrons. The lowest BCUT2D eigenvalue weighted by Crippen LogP contribution is -2.59. The molecular weight excluding hydrogens is 470 g/mol. The van der Waals surface area contributed by atoms with Gasteiger partial charge in [-0.05, 0) is 17.7 Å². The average molecular weight is 498 g/mol. The number of ether oxygens (including phenoxy) is 1. The van der Waals surface area contributed by atoms with Crippen LogP contribution in [0.3, 0.4) is 0 Å². The van der Waals surface area contributed by atoms with Crippen LogP contribution < -0.4 is 26.0 Å². The molecule has 3 aromatic carbocycles. The van der Waals surface area contributed by atoms with E-state index >= 15 is 0 Å². The normalized spacial score (nSPS) is 18.8. The molecule has 2 fully saturated rings. The zero-order chi connectivity index (χ0) is 25.4. The molecule has 0 aliphatic carbocycles. The molecule has 6 rings (SSSR count). The molecule has 37 heavy (non-hydrogen) atoms. The molecule has 0 saturated carbocycles. The zero-order valence-corrected chi connectivity index (χ0v) is 20.3. The fourth-order valence-corrected chi connectivity index (χ4v) is 5.16. The summed E-state index contributed by atoms with van der Waals surface area (Å²) >= 11 is 0. The van der Waals surface area contributed by atoms with Gasteiger partial charge in [0, 0.05) is 43.7 Å². The Kier molecular flexibility index (Phi) is 6.15. The standard InChI is InChI=1S/C28H27N5O4/c34-26(19-8-5-18(6-9-19)7-10-22-20-3-1-2-4-21(20)30-31-22)23-17-29-11-12-33(23)25-24(27(35)28(25)36)32-13-15-37-16-14-32/h1-10,23,29H,11-17H2,(H,30,31)/b10-7+. The summed E-state index contributed by atoms with van der Waals surface area (Å²) in [7, 11) is 0. The number of H-pyrrole nitrogens is 1. The number of nitrogens with one attached hydrogen (secondary N) is 2. The van der Waals surface area contributed by atoms with E-state index in [0.717, 1.165) is 22.2 Å². The highest BCUT2D eigenvalue weighted by atomic mass is 16.5. The van der Waals surface area contributed by atoms with Gasteiger partial charge in [-0.15, -0.1) is 0 Å². The van der Waals surface area contributed by atoms with Crippen LogP contribution in [0.1, 0.15) is 21.6 Å². The fourth-order valence-electron chi connectivity index (χ4n) is 5.16. The molecule has 2 N–H and O–H groups in total. The van der Waals surface area contributed by atoms with E-state index in [1.54, 1.807) is 0 Å². The maximum Gasteiger partial charge on any atom is 0.253 e. The minimum absolute atomic E-state index is 0.0815. The van der Waals surface area contributed by atoms with E-state index in [1.807, 2.05) is 70.5 Å². The molecule has 4 aromatic rings. The molecule has 3 heterocycles. The number of nitrogens with zero attached hydrogens (tertiary/aromatic N) is 3. The molecule has 9 nitrogen and oxygen atoms in total. The van der Waals surface area contributed by atoms with E-state index in [4.69, 9.17) is 4.74 Å². The Balaban J connectivity index is 1.22. The molecule has 2 saturated heterocycles. The van der Waals surface area contributed by atoms with Gasteiger partial charge >= 0.3 is 0 Å². The number of para-hydroxylation sites is 1. The van der Waals surface area contributed by atoms with Crippen molar-refractivity contribution in [3.05, 3.63) is 85.8 Å². The van der Waals surface area contributed by atoms with Crippen molar-refractivity contribution in [3.8, 4) is 0 Å². The number of fused-ring (bicyclic) bond motifs is 1. The predicted molar refractivity (Wildman–Crippen MR) is 144 cm³/mol. The topological polar surface area (TPSA) is 108 Å². The van der Waals surface area contributed by atoms with E-state index in [0.29, 0.717) is 62.9 Å². The lowest BCUT2D eigenvalue weighted by atomic mass is 9.97. The number of aromatic amines is 1. The molecule has 0 spiro atoms. The van der Waals surface area contributed by atoms with Crippen molar-refractivity contribution in [1.29, 1.82) is 0 Å². The summed E-state index contributed by atoms with van der Waals surface area (Å²) in [6.07, 6.45) is 3.91. The van der Waals surface area contributed by atoms with Crippen LogP contribution in [0.25, 0.3) is 23.1 Å². The van der Waals surface area contributed by atoms with Crippen molar-refractivity contribution < 1.29 is 9.53 Å². The van der Waals surface area contributed by atoms with Gasteiger partial charge in [-0.2, -0.15) is 5.10 Å². The first-order valence-electron chi connectivity index (χ1n) is 12.5. The minimum Gasteiger partial charge on any atom is -0.378 e. The number of carbonyl (C=O) groups is 1. The zero-order valence-electron chi connectivity index (χ0n) is 20.3. The van der Waals surface area contributed by atoms with Crippen molar-refractivity contribution in [1.82, 2.24) is 15.5 Å². The number of morpholine rings is 1. The fraction of sp³-hybridized carbons (Fsp3) is 0.286. The van der Waals surface area contributed by atoms with Gasteiger partial charge in [-0.25, -0.2) is 0 Å². The Labute approximate surface area is 213 Å². The maximum atomic E-state index is 13.6. The number of carbonyl (C=O) groups excluding carboxylic acids is 1. The quantitative estimate of drug-likeness (QED) is 0.307. The Morgan fingerprint density at radius 2 is 1.70 bits per heavy atom. The SMILES string of the molecule is O=C(c1ccc(/C=C/c2n[nH]c3ccccc23)cc1)C1CNCCN1c1c(N2CCOCC2)c(=O)c1=O. The molecule has 0 bridgehead atoms. The van der Waals surface area contributed by atoms with Crippen molar-refractivity contribution in [2.75, 3.05) is 55.7 Å². The molecule has 1 aromatic heterocycles. The van der Waals surface area contributed by atoms with Crippen molar-refractivity contribution >= 4 is 40.2 Å². The number of piperazine rings is 1. The number of aromatic nitrogens is 2. The molecule has 2 aliphatic rings. The molecule has 188 valence electrons. The second-order valence-electron chi connectivity index (χ2n) is 9.34. The third-order valence-electron chi connectivity index (χ3n) is 7.15. The van der Waals surface area contributed by atoms with E-state index < -0.39 is 16.9 Å². The van der Waals surface area contributed by atoms with Gasteiger partial charge in [0.2, 0.25) is 0 Å². The highest BCUT2D eigenvalue weighted by molar-refractivity contribution is 6.03. The molecule has 1 unspecified atom stereocenters. The van der Waals surface area contributed by atoms with Gasteiger partial charge in [0.05, 0.1) is 24.4 Å². The van der Waals surface area contributed by atoms with Crippen LogP contribution in [0.4, 0.5) is 11.4 Å². The van der Waals surface area contributed by atoms with E-state index in [2.05, 4.69) is 15.5 Å². The summed E-state index contributed by atoms with van der Waals surface area (Å²) in [4.78, 5) is 42.4. The molecule has 1 atom stereocenters. The van der Waals surface area contributed by atoms with Crippen molar-refractivity contribution in [3.63, 3.8) is 0 Å². The molecule has 0 amide bonds. The Morgan fingerprint density at radius 3 is 2.51 bits per heavy atom. The number of hydrogen-bond acceptors (Lipinski definition) is 8. The first kappa shape index (κ1) is 23.3. The predicted octanol–water partition coefficient (Wildman–Crippen LogP) is 1.83. The number of benzene rings is 2. The van der Waals surface area contributed by atoms with Crippen LogP contribution in [0.2, 0.25) is 0 Å². The van der Waals surface area contributed by atoms with Crippen LogP contribution in [-0.2, 0) is 4.74 Å². The van der Waals surface area contributed by atoms with Crippen LogP contribution >= 0.6 is 0 Å². The van der Waals surface area contributed by atoms with E-state index in [-0.39, 0.29) is 5.78 Å². The number of Topliss-reactive ketones (excluding diaryl/α,β-unsaturated/α-hetero) is 1. The Morgan fingerprint density at radius 1 is 0.946 bits per heavy atom. The summed E-state index contributed by atoms with van der Waals surface area (Å²) in [5.41, 5.74) is 3.16. The average Bonchev–Trinajstić information content (AvgIpc) is 3.37. The van der Waals surface area contributed by atoms with Crippen molar-refractivity contribution in [2.45, 2.75) is 6.04 Å². The second-order valence-corrected chi connectivity index (χ2v) is 9.34. The Bertz CT molecular complexity index is 1540. The minimum atomic E-state index is -0.561.